The molecule has 3 nitrogen and oxygen atoms in total. The maximum atomic E-state index is 12.7. The molecule has 34 heavy (non-hydrogen) atoms. The van der Waals surface area contributed by atoms with Crippen molar-refractivity contribution in [3.63, 3.8) is 0 Å². The van der Waals surface area contributed by atoms with Crippen molar-refractivity contribution in [3.8, 4) is 0 Å². The summed E-state index contributed by atoms with van der Waals surface area (Å²) in [4.78, 5) is 12.7. The van der Waals surface area contributed by atoms with E-state index in [0.717, 1.165) is 25.6 Å². The van der Waals surface area contributed by atoms with Crippen LogP contribution in [-0.4, -0.2) is 21.4 Å². The SMILES string of the molecule is C=C(C(=O)OC)[C@H](O[Si](c1ccccc1)(c1ccccc1)c1ccccc1)c1ccc(Br)cc1. The fourth-order valence-electron chi connectivity index (χ4n) is 4.12. The minimum absolute atomic E-state index is 0.254. The summed E-state index contributed by atoms with van der Waals surface area (Å²) in [5.74, 6) is -0.495. The predicted octanol–water partition coefficient (Wildman–Crippen LogP) is 4.90. The molecule has 4 rings (SSSR count). The van der Waals surface area contributed by atoms with Gasteiger partial charge in [-0.25, -0.2) is 4.79 Å². The standard InChI is InChI=1S/C29H25BrO3Si/c1-22(29(31)32-2)28(23-18-20-24(30)21-19-23)33-34(25-12-6-3-7-13-25,26-14-8-4-9-15-26)27-16-10-5-11-17-27/h3-21,28H,1H2,2H3/t28-/m0/s1. The molecule has 4 aromatic rings. The smallest absolute Gasteiger partial charge is 0.336 e. The van der Waals surface area contributed by atoms with Crippen LogP contribution in [0.5, 0.6) is 0 Å². The third-order valence-corrected chi connectivity index (χ3v) is 10.3. The van der Waals surface area contributed by atoms with Gasteiger partial charge in [-0.3, -0.25) is 0 Å². The summed E-state index contributed by atoms with van der Waals surface area (Å²) in [6.45, 7) is 4.10. The van der Waals surface area contributed by atoms with Gasteiger partial charge >= 0.3 is 5.97 Å². The van der Waals surface area contributed by atoms with Crippen LogP contribution in [0.25, 0.3) is 0 Å². The normalized spacial score (nSPS) is 12.1. The molecule has 0 bridgehead atoms. The van der Waals surface area contributed by atoms with Crippen LogP contribution in [-0.2, 0) is 14.0 Å². The number of esters is 1. The van der Waals surface area contributed by atoms with Gasteiger partial charge in [0.1, 0.15) is 6.10 Å². The van der Waals surface area contributed by atoms with Crippen molar-refractivity contribution in [3.05, 3.63) is 137 Å². The summed E-state index contributed by atoms with van der Waals surface area (Å²) in [6, 6.07) is 38.5. The van der Waals surface area contributed by atoms with Crippen molar-refractivity contribution in [2.75, 3.05) is 7.11 Å². The quantitative estimate of drug-likeness (QED) is 0.141. The van der Waals surface area contributed by atoms with E-state index in [2.05, 4.69) is 58.9 Å². The minimum Gasteiger partial charge on any atom is -0.466 e. The Hall–Kier alpha value is -3.25. The molecule has 0 radical (unpaired) electrons. The van der Waals surface area contributed by atoms with Gasteiger partial charge in [0.25, 0.3) is 8.32 Å². The molecule has 170 valence electrons. The number of benzene rings is 4. The first-order valence-electron chi connectivity index (χ1n) is 10.9. The molecular weight excluding hydrogens is 504 g/mol. The number of hydrogen-bond acceptors (Lipinski definition) is 3. The van der Waals surface area contributed by atoms with Crippen molar-refractivity contribution in [2.45, 2.75) is 6.10 Å². The van der Waals surface area contributed by atoms with Crippen LogP contribution in [0.15, 0.2) is 132 Å². The Kier molecular flexibility index (Phi) is 7.58. The van der Waals surface area contributed by atoms with Gasteiger partial charge in [0.15, 0.2) is 0 Å². The van der Waals surface area contributed by atoms with Crippen molar-refractivity contribution < 1.29 is 14.0 Å². The number of carbonyl (C=O) groups excluding carboxylic acids is 1. The largest absolute Gasteiger partial charge is 0.466 e. The third kappa shape index (κ3) is 4.82. The maximum Gasteiger partial charge on any atom is 0.336 e. The molecule has 0 aromatic heterocycles. The van der Waals surface area contributed by atoms with Gasteiger partial charge in [-0.1, -0.05) is 126 Å². The van der Waals surface area contributed by atoms with E-state index >= 15 is 0 Å². The molecule has 0 amide bonds. The van der Waals surface area contributed by atoms with Crippen molar-refractivity contribution in [1.29, 1.82) is 0 Å². The second kappa shape index (κ2) is 10.8. The summed E-state index contributed by atoms with van der Waals surface area (Å²) in [5, 5.41) is 3.23. The lowest BCUT2D eigenvalue weighted by Gasteiger charge is -2.37. The Balaban J connectivity index is 1.99. The Morgan fingerprint density at radius 3 is 1.53 bits per heavy atom. The van der Waals surface area contributed by atoms with Crippen molar-refractivity contribution in [2.24, 2.45) is 0 Å². The first-order chi connectivity index (χ1) is 16.6. The molecule has 0 N–H and O–H groups in total. The van der Waals surface area contributed by atoms with Crippen molar-refractivity contribution in [1.82, 2.24) is 0 Å². The van der Waals surface area contributed by atoms with Gasteiger partial charge in [0.05, 0.1) is 12.7 Å². The fraction of sp³-hybridized carbons (Fsp3) is 0.0690. The molecule has 0 heterocycles. The number of hydrogen-bond donors (Lipinski definition) is 0. The van der Waals surface area contributed by atoms with Crippen LogP contribution < -0.4 is 15.6 Å². The number of halogens is 1. The molecule has 0 saturated heterocycles. The lowest BCUT2D eigenvalue weighted by Crippen LogP contribution is -2.69. The van der Waals surface area contributed by atoms with Crippen molar-refractivity contribution >= 4 is 45.8 Å². The first kappa shape index (κ1) is 23.9. The van der Waals surface area contributed by atoms with Gasteiger partial charge < -0.3 is 9.16 Å². The molecule has 1 atom stereocenters. The monoisotopic (exact) mass is 528 g/mol. The number of methoxy groups -OCH3 is 1. The highest BCUT2D eigenvalue weighted by Gasteiger charge is 2.45. The highest BCUT2D eigenvalue weighted by atomic mass is 79.9. The van der Waals surface area contributed by atoms with Crippen LogP contribution in [0.4, 0.5) is 0 Å². The predicted molar refractivity (Wildman–Crippen MR) is 143 cm³/mol. The molecule has 0 fully saturated rings. The number of ether oxygens (including phenoxy) is 1. The zero-order valence-corrected chi connectivity index (χ0v) is 21.4. The minimum atomic E-state index is -3.09. The molecule has 4 aromatic carbocycles. The lowest BCUT2D eigenvalue weighted by molar-refractivity contribution is -0.137. The molecule has 0 aliphatic carbocycles. The highest BCUT2D eigenvalue weighted by Crippen LogP contribution is 2.30. The number of carbonyl (C=O) groups is 1. The van der Waals surface area contributed by atoms with Gasteiger partial charge in [0.2, 0.25) is 0 Å². The Morgan fingerprint density at radius 2 is 1.15 bits per heavy atom. The molecular formula is C29H25BrO3Si. The van der Waals surface area contributed by atoms with E-state index in [4.69, 9.17) is 9.16 Å². The van der Waals surface area contributed by atoms with Gasteiger partial charge in [-0.2, -0.15) is 0 Å². The van der Waals surface area contributed by atoms with E-state index in [1.807, 2.05) is 78.9 Å². The van der Waals surface area contributed by atoms with E-state index in [1.54, 1.807) is 0 Å². The van der Waals surface area contributed by atoms with E-state index in [1.165, 1.54) is 7.11 Å². The van der Waals surface area contributed by atoms with E-state index in [0.29, 0.717) is 0 Å². The summed E-state index contributed by atoms with van der Waals surface area (Å²) in [7, 11) is -1.72. The maximum absolute atomic E-state index is 12.7. The summed E-state index contributed by atoms with van der Waals surface area (Å²) in [6.07, 6.45) is -0.701. The lowest BCUT2D eigenvalue weighted by atomic mass is 10.0. The topological polar surface area (TPSA) is 35.5 Å². The van der Waals surface area contributed by atoms with Gasteiger partial charge in [-0.15, -0.1) is 0 Å². The summed E-state index contributed by atoms with van der Waals surface area (Å²) < 4.78 is 13.2. The summed E-state index contributed by atoms with van der Waals surface area (Å²) in [5.41, 5.74) is 1.09. The van der Waals surface area contributed by atoms with Crippen LogP contribution in [0, 0.1) is 0 Å². The molecule has 0 aliphatic heterocycles. The van der Waals surface area contributed by atoms with Crippen LogP contribution in [0.1, 0.15) is 11.7 Å². The van der Waals surface area contributed by atoms with Crippen LogP contribution in [0.2, 0.25) is 0 Å². The zero-order chi connectivity index (χ0) is 24.0. The van der Waals surface area contributed by atoms with Gasteiger partial charge in [0, 0.05) is 4.47 Å². The Labute approximate surface area is 209 Å². The number of rotatable bonds is 8. The third-order valence-electron chi connectivity index (χ3n) is 5.77. The van der Waals surface area contributed by atoms with E-state index in [9.17, 15) is 4.79 Å². The molecule has 0 spiro atoms. The fourth-order valence-corrected chi connectivity index (χ4v) is 8.41. The van der Waals surface area contributed by atoms with Gasteiger partial charge in [-0.05, 0) is 33.3 Å². The Morgan fingerprint density at radius 1 is 0.735 bits per heavy atom. The molecule has 0 saturated carbocycles. The average molecular weight is 530 g/mol. The summed E-state index contributed by atoms with van der Waals surface area (Å²) >= 11 is 3.50. The second-order valence-corrected chi connectivity index (χ2v) is 12.1. The van der Waals surface area contributed by atoms with E-state index in [-0.39, 0.29) is 5.57 Å². The highest BCUT2D eigenvalue weighted by molar-refractivity contribution is 9.10. The Bertz CT molecular complexity index is 1150. The van der Waals surface area contributed by atoms with Crippen LogP contribution >= 0.6 is 15.9 Å². The zero-order valence-electron chi connectivity index (χ0n) is 18.9. The average Bonchev–Trinajstić information content (AvgIpc) is 2.91. The molecule has 5 heteroatoms. The second-order valence-electron chi connectivity index (χ2n) is 7.85. The molecule has 0 aliphatic rings. The van der Waals surface area contributed by atoms with E-state index < -0.39 is 20.4 Å². The first-order valence-corrected chi connectivity index (χ1v) is 13.6. The van der Waals surface area contributed by atoms with Crippen LogP contribution in [0.3, 0.4) is 0 Å². The molecule has 0 unspecified atom stereocenters.